The molecule has 0 unspecified atom stereocenters. The van der Waals surface area contributed by atoms with E-state index in [1.54, 1.807) is 0 Å². The number of hydrogen-bond donors (Lipinski definition) is 2. The molecule has 2 amide bonds. The first kappa shape index (κ1) is 17.0. The quantitative estimate of drug-likeness (QED) is 0.838. The molecule has 2 aromatic rings. The smallest absolute Gasteiger partial charge is 0.313 e. The van der Waals surface area contributed by atoms with Gasteiger partial charge in [-0.25, -0.2) is 0 Å². The fourth-order valence-electron chi connectivity index (χ4n) is 3.26. The molecule has 0 fully saturated rings. The molecule has 6 nitrogen and oxygen atoms in total. The molecular formula is C19H21N3O3. The lowest BCUT2D eigenvalue weighted by Crippen LogP contribution is -2.39. The molecule has 130 valence electrons. The third kappa shape index (κ3) is 3.47. The maximum absolute atomic E-state index is 12.3. The Morgan fingerprint density at radius 2 is 1.92 bits per heavy atom. The molecule has 3 rings (SSSR count). The number of benzene rings is 1. The first-order chi connectivity index (χ1) is 12.0. The van der Waals surface area contributed by atoms with Gasteiger partial charge in [0.25, 0.3) is 5.56 Å². The van der Waals surface area contributed by atoms with Gasteiger partial charge in [-0.2, -0.15) is 0 Å². The van der Waals surface area contributed by atoms with Crippen molar-refractivity contribution in [2.45, 2.75) is 32.9 Å². The summed E-state index contributed by atoms with van der Waals surface area (Å²) >= 11 is 0. The highest BCUT2D eigenvalue weighted by atomic mass is 16.2. The molecule has 1 aliphatic carbocycles. The Balaban J connectivity index is 1.69. The van der Waals surface area contributed by atoms with Crippen LogP contribution in [0.5, 0.6) is 0 Å². The summed E-state index contributed by atoms with van der Waals surface area (Å²) in [5.74, 6) is -1.18. The lowest BCUT2D eigenvalue weighted by molar-refractivity contribution is -0.136. The van der Waals surface area contributed by atoms with E-state index in [9.17, 15) is 14.4 Å². The monoisotopic (exact) mass is 339 g/mol. The summed E-state index contributed by atoms with van der Waals surface area (Å²) in [5, 5.41) is 5.37. The number of carbonyl (C=O) groups excluding carboxylic acids is 2. The molecular weight excluding hydrogens is 318 g/mol. The topological polar surface area (TPSA) is 80.2 Å². The number of aromatic nitrogens is 1. The Morgan fingerprint density at radius 1 is 1.16 bits per heavy atom. The van der Waals surface area contributed by atoms with Crippen LogP contribution in [0.15, 0.2) is 47.4 Å². The van der Waals surface area contributed by atoms with Crippen LogP contribution in [0.2, 0.25) is 0 Å². The van der Waals surface area contributed by atoms with E-state index in [0.717, 1.165) is 12.0 Å². The number of nitrogens with one attached hydrogen (secondary N) is 2. The van der Waals surface area contributed by atoms with Gasteiger partial charge in [0.15, 0.2) is 0 Å². The zero-order valence-electron chi connectivity index (χ0n) is 14.3. The van der Waals surface area contributed by atoms with Crippen LogP contribution in [0.4, 0.5) is 5.69 Å². The number of anilines is 1. The average Bonchev–Trinajstić information content (AvgIpc) is 2.92. The number of pyridine rings is 1. The highest BCUT2D eigenvalue weighted by Crippen LogP contribution is 2.35. The maximum Gasteiger partial charge on any atom is 0.313 e. The number of hydrogen-bond acceptors (Lipinski definition) is 3. The summed E-state index contributed by atoms with van der Waals surface area (Å²) in [6.45, 7) is 4.38. The summed E-state index contributed by atoms with van der Waals surface area (Å²) in [5.41, 5.74) is 2.54. The standard InChI is InChI=1S/C19H21N3O3/c1-3-22-11-14(8-9-16(22)23)20-18(24)19(25)21-17-12(2)10-13-6-4-5-7-15(13)17/h4-9,11-12,17H,3,10H2,1-2H3,(H,20,24)(H,21,25)/t12-,17-/m1/s1. The normalized spacial score (nSPS) is 18.5. The SMILES string of the molecule is CCn1cc(NC(=O)C(=O)N[C@H]2c3ccccc3C[C@H]2C)ccc1=O. The van der Waals surface area contributed by atoms with E-state index < -0.39 is 11.8 Å². The van der Waals surface area contributed by atoms with Gasteiger partial charge >= 0.3 is 11.8 Å². The third-order valence-corrected chi connectivity index (χ3v) is 4.58. The van der Waals surface area contributed by atoms with Crippen molar-refractivity contribution in [2.75, 3.05) is 5.32 Å². The van der Waals surface area contributed by atoms with E-state index in [2.05, 4.69) is 17.6 Å². The number of fused-ring (bicyclic) bond motifs is 1. The minimum atomic E-state index is -0.738. The molecule has 0 saturated heterocycles. The fourth-order valence-corrected chi connectivity index (χ4v) is 3.26. The van der Waals surface area contributed by atoms with Crippen molar-refractivity contribution < 1.29 is 9.59 Å². The highest BCUT2D eigenvalue weighted by Gasteiger charge is 2.31. The van der Waals surface area contributed by atoms with E-state index in [1.807, 2.05) is 31.2 Å². The number of carbonyl (C=O) groups is 2. The Labute approximate surface area is 145 Å². The Hall–Kier alpha value is -2.89. The minimum Gasteiger partial charge on any atom is -0.341 e. The fraction of sp³-hybridized carbons (Fsp3) is 0.316. The second-order valence-corrected chi connectivity index (χ2v) is 6.33. The van der Waals surface area contributed by atoms with Crippen molar-refractivity contribution in [1.82, 2.24) is 9.88 Å². The van der Waals surface area contributed by atoms with Crippen molar-refractivity contribution in [3.05, 3.63) is 64.1 Å². The van der Waals surface area contributed by atoms with E-state index >= 15 is 0 Å². The Bertz CT molecular complexity index is 872. The van der Waals surface area contributed by atoms with E-state index in [0.29, 0.717) is 12.2 Å². The second kappa shape index (κ2) is 6.93. The molecule has 0 saturated carbocycles. The van der Waals surface area contributed by atoms with Gasteiger partial charge in [-0.05, 0) is 36.5 Å². The largest absolute Gasteiger partial charge is 0.341 e. The number of aryl methyl sites for hydroxylation is 1. The molecule has 0 spiro atoms. The zero-order chi connectivity index (χ0) is 18.0. The number of nitrogens with zero attached hydrogens (tertiary/aromatic N) is 1. The van der Waals surface area contributed by atoms with Gasteiger partial charge in [-0.1, -0.05) is 31.2 Å². The Morgan fingerprint density at radius 3 is 2.68 bits per heavy atom. The molecule has 25 heavy (non-hydrogen) atoms. The molecule has 1 heterocycles. The molecule has 1 aromatic heterocycles. The van der Waals surface area contributed by atoms with Crippen LogP contribution in [-0.4, -0.2) is 16.4 Å². The maximum atomic E-state index is 12.3. The average molecular weight is 339 g/mol. The summed E-state index contributed by atoms with van der Waals surface area (Å²) in [4.78, 5) is 36.1. The number of amides is 2. The van der Waals surface area contributed by atoms with Gasteiger partial charge in [0.1, 0.15) is 0 Å². The van der Waals surface area contributed by atoms with Crippen LogP contribution in [-0.2, 0) is 22.6 Å². The van der Waals surface area contributed by atoms with E-state index in [1.165, 1.54) is 28.5 Å². The molecule has 1 aromatic carbocycles. The van der Waals surface area contributed by atoms with Crippen LogP contribution in [0.1, 0.15) is 31.0 Å². The van der Waals surface area contributed by atoms with Gasteiger partial charge in [-0.15, -0.1) is 0 Å². The summed E-state index contributed by atoms with van der Waals surface area (Å²) in [6, 6.07) is 10.6. The van der Waals surface area contributed by atoms with E-state index in [4.69, 9.17) is 0 Å². The summed E-state index contributed by atoms with van der Waals surface area (Å²) < 4.78 is 1.46. The van der Waals surface area contributed by atoms with Crippen LogP contribution in [0, 0.1) is 5.92 Å². The van der Waals surface area contributed by atoms with Crippen LogP contribution >= 0.6 is 0 Å². The first-order valence-electron chi connectivity index (χ1n) is 8.39. The molecule has 0 bridgehead atoms. The third-order valence-electron chi connectivity index (χ3n) is 4.58. The summed E-state index contributed by atoms with van der Waals surface area (Å²) in [6.07, 6.45) is 2.41. The van der Waals surface area contributed by atoms with Gasteiger partial charge in [0, 0.05) is 18.8 Å². The predicted molar refractivity (Wildman–Crippen MR) is 95.2 cm³/mol. The Kier molecular flexibility index (Phi) is 4.70. The first-order valence-corrected chi connectivity index (χ1v) is 8.39. The van der Waals surface area contributed by atoms with Crippen LogP contribution in [0.3, 0.4) is 0 Å². The lowest BCUT2D eigenvalue weighted by Gasteiger charge is -2.18. The van der Waals surface area contributed by atoms with Crippen molar-refractivity contribution in [1.29, 1.82) is 0 Å². The minimum absolute atomic E-state index is 0.152. The van der Waals surface area contributed by atoms with Gasteiger partial charge in [-0.3, -0.25) is 14.4 Å². The van der Waals surface area contributed by atoms with Gasteiger partial charge in [0.2, 0.25) is 0 Å². The summed E-state index contributed by atoms with van der Waals surface area (Å²) in [7, 11) is 0. The molecule has 1 aliphatic rings. The van der Waals surface area contributed by atoms with Crippen molar-refractivity contribution in [3.63, 3.8) is 0 Å². The lowest BCUT2D eigenvalue weighted by atomic mass is 10.0. The van der Waals surface area contributed by atoms with Crippen LogP contribution in [0.25, 0.3) is 0 Å². The molecule has 2 N–H and O–H groups in total. The molecule has 6 heteroatoms. The number of rotatable bonds is 3. The molecule has 0 aliphatic heterocycles. The molecule has 2 atom stereocenters. The highest BCUT2D eigenvalue weighted by molar-refractivity contribution is 6.39. The second-order valence-electron chi connectivity index (χ2n) is 6.33. The van der Waals surface area contributed by atoms with Crippen molar-refractivity contribution in [2.24, 2.45) is 5.92 Å². The van der Waals surface area contributed by atoms with Crippen molar-refractivity contribution in [3.8, 4) is 0 Å². The zero-order valence-corrected chi connectivity index (χ0v) is 14.3. The van der Waals surface area contributed by atoms with Crippen molar-refractivity contribution >= 4 is 17.5 Å². The van der Waals surface area contributed by atoms with Gasteiger partial charge in [0.05, 0.1) is 11.7 Å². The molecule has 0 radical (unpaired) electrons. The van der Waals surface area contributed by atoms with Crippen LogP contribution < -0.4 is 16.2 Å². The van der Waals surface area contributed by atoms with Gasteiger partial charge < -0.3 is 15.2 Å². The predicted octanol–water partition coefficient (Wildman–Crippen LogP) is 1.86. The van der Waals surface area contributed by atoms with E-state index in [-0.39, 0.29) is 17.5 Å².